The minimum absolute atomic E-state index is 0.0412. The van der Waals surface area contributed by atoms with E-state index in [2.05, 4.69) is 0 Å². The first kappa shape index (κ1) is 63.4. The average molecular weight is 1190 g/mol. The number of benzene rings is 4. The Balaban J connectivity index is 1.53. The normalized spacial score (nSPS) is 17.3. The number of anilines is 1. The first-order chi connectivity index (χ1) is 37.2. The number of ether oxygens (including phenoxy) is 7. The predicted molar refractivity (Wildman–Crippen MR) is 289 cm³/mol. The molecule has 0 fully saturated rings. The molecular formula is C52H68N2O21S4. The lowest BCUT2D eigenvalue weighted by Gasteiger charge is -2.27. The minimum atomic E-state index is -5.30. The summed E-state index contributed by atoms with van der Waals surface area (Å²) < 4.78 is 187. The Hall–Kier alpha value is -4.82. The van der Waals surface area contributed by atoms with Gasteiger partial charge in [0.1, 0.15) is 21.6 Å². The maximum Gasteiger partial charge on any atom is 0.303 e. The van der Waals surface area contributed by atoms with Crippen molar-refractivity contribution < 1.29 is 99.5 Å². The number of carboxylic acids is 1. The predicted octanol–water partition coefficient (Wildman–Crippen LogP) is 5.64. The third-order valence-electron chi connectivity index (χ3n) is 13.8. The van der Waals surface area contributed by atoms with Gasteiger partial charge in [0.05, 0.1) is 86.2 Å². The molecule has 1 atom stereocenters. The van der Waals surface area contributed by atoms with E-state index in [0.717, 1.165) is 12.1 Å². The highest BCUT2D eigenvalue weighted by Gasteiger charge is 2.49. The Kier molecular flexibility index (Phi) is 21.5. The molecule has 0 radical (unpaired) electrons. The average Bonchev–Trinajstić information content (AvgIpc) is 3.41. The van der Waals surface area contributed by atoms with Gasteiger partial charge in [-0.15, -0.1) is 0 Å². The van der Waals surface area contributed by atoms with E-state index in [1.54, 1.807) is 44.6 Å². The smallest absolute Gasteiger partial charge is 0.303 e. The molecule has 0 aromatic heterocycles. The van der Waals surface area contributed by atoms with Gasteiger partial charge in [-0.05, 0) is 90.4 Å². The SMILES string of the molecule is COCCOCCOCCOCCC1(C)C(/C=C/C=C2/N(CCCCCC(=O)O)c3ccc4c(S(=O)(=O)[O-])cc(S(=O)(=O)O)cc4c3C2(C)C)=[N+](CCOCCOCCOC)c2ccc3c(S(=O)(=O)O)cc(S(=O)(=O)O)cc3c21. The lowest BCUT2D eigenvalue weighted by Crippen LogP contribution is -2.34. The van der Waals surface area contributed by atoms with Crippen LogP contribution in [0, 0.1) is 0 Å². The summed E-state index contributed by atoms with van der Waals surface area (Å²) in [4.78, 5) is 10.1. The molecule has 2 heterocycles. The second-order valence-electron chi connectivity index (χ2n) is 19.4. The first-order valence-corrected chi connectivity index (χ1v) is 30.9. The second-order valence-corrected chi connectivity index (χ2v) is 25.0. The van der Waals surface area contributed by atoms with E-state index < -0.39 is 76.9 Å². The topological polar surface area (TPSA) is 328 Å². The van der Waals surface area contributed by atoms with E-state index in [1.165, 1.54) is 12.1 Å². The van der Waals surface area contributed by atoms with Crippen LogP contribution in [0.2, 0.25) is 0 Å². The van der Waals surface area contributed by atoms with Crippen LogP contribution in [0.15, 0.2) is 92.0 Å². The zero-order chi connectivity index (χ0) is 58.0. The van der Waals surface area contributed by atoms with Crippen LogP contribution in [0.1, 0.15) is 64.0 Å². The van der Waals surface area contributed by atoms with Crippen LogP contribution in [0.3, 0.4) is 0 Å². The van der Waals surface area contributed by atoms with E-state index >= 15 is 0 Å². The molecule has 27 heteroatoms. The Morgan fingerprint density at radius 2 is 1.13 bits per heavy atom. The molecule has 6 rings (SSSR count). The van der Waals surface area contributed by atoms with Gasteiger partial charge in [-0.25, -0.2) is 8.42 Å². The number of rotatable bonds is 33. The molecule has 4 aromatic carbocycles. The lowest BCUT2D eigenvalue weighted by atomic mass is 9.74. The van der Waals surface area contributed by atoms with Crippen LogP contribution in [0.25, 0.3) is 21.5 Å². The Bertz CT molecular complexity index is 3430. The van der Waals surface area contributed by atoms with E-state index in [0.29, 0.717) is 111 Å². The quantitative estimate of drug-likeness (QED) is 0.0255. The summed E-state index contributed by atoms with van der Waals surface area (Å²) >= 11 is 0. The zero-order valence-electron chi connectivity index (χ0n) is 44.5. The highest BCUT2D eigenvalue weighted by Crippen LogP contribution is 2.52. The molecule has 79 heavy (non-hydrogen) atoms. The third kappa shape index (κ3) is 15.4. The molecule has 2 aliphatic rings. The number of methoxy groups -OCH3 is 2. The minimum Gasteiger partial charge on any atom is -0.744 e. The van der Waals surface area contributed by atoms with Gasteiger partial charge in [-0.2, -0.15) is 29.8 Å². The van der Waals surface area contributed by atoms with Crippen molar-refractivity contribution in [1.82, 2.24) is 0 Å². The van der Waals surface area contributed by atoms with Crippen molar-refractivity contribution in [3.63, 3.8) is 0 Å². The summed E-state index contributed by atoms with van der Waals surface area (Å²) in [6, 6.07) is 9.63. The third-order valence-corrected chi connectivity index (χ3v) is 17.2. The van der Waals surface area contributed by atoms with Crippen LogP contribution in [0.5, 0.6) is 0 Å². The lowest BCUT2D eigenvalue weighted by molar-refractivity contribution is -0.442. The number of aliphatic carboxylic acids is 1. The monoisotopic (exact) mass is 1180 g/mol. The van der Waals surface area contributed by atoms with Crippen molar-refractivity contribution >= 4 is 85.1 Å². The molecule has 4 N–H and O–H groups in total. The number of fused-ring (bicyclic) bond motifs is 6. The molecule has 2 aliphatic heterocycles. The number of hydrogen-bond acceptors (Lipinski definition) is 18. The largest absolute Gasteiger partial charge is 0.744 e. The summed E-state index contributed by atoms with van der Waals surface area (Å²) in [6.45, 7) is 9.10. The highest BCUT2D eigenvalue weighted by atomic mass is 32.2. The first-order valence-electron chi connectivity index (χ1n) is 25.2. The summed E-state index contributed by atoms with van der Waals surface area (Å²) in [6.07, 6.45) is 6.77. The summed E-state index contributed by atoms with van der Waals surface area (Å²) in [5.74, 6) is -0.961. The second kappa shape index (κ2) is 26.8. The van der Waals surface area contributed by atoms with Crippen LogP contribution >= 0.6 is 0 Å². The molecule has 0 bridgehead atoms. The standard InChI is InChI=1S/C52H68N2O21S4/c1-51(2)46(53(18-8-6-7-12-48(55)56)42-15-13-38-40(49(42)51)32-36(76(57,58)59)34-44(38)78(63,64)65)10-9-11-47-52(3,17-20-71-26-28-75-31-30-74-25-23-70-5)50-41-33-37(77(60,61)62)35-45(79(66,67)68)39(41)14-16-43(50)54(47)19-21-72-27-29-73-24-22-69-4/h9-11,13-16,32-35H,6-8,12,17-31H2,1-5H3,(H4-,55,56,57,58,59,60,61,62,63,64,65,66,67,68). The van der Waals surface area contributed by atoms with Crippen molar-refractivity contribution in [2.45, 2.75) is 83.3 Å². The molecule has 1 unspecified atom stereocenters. The molecule has 436 valence electrons. The van der Waals surface area contributed by atoms with Gasteiger partial charge in [0, 0.05) is 73.7 Å². The number of hydrogen-bond donors (Lipinski definition) is 4. The van der Waals surface area contributed by atoms with E-state index in [1.807, 2.05) is 30.2 Å². The molecule has 0 amide bonds. The Morgan fingerprint density at radius 1 is 0.620 bits per heavy atom. The van der Waals surface area contributed by atoms with Crippen LogP contribution in [0.4, 0.5) is 11.4 Å². The number of carbonyl (C=O) groups is 1. The van der Waals surface area contributed by atoms with Crippen molar-refractivity contribution in [3.05, 3.63) is 83.6 Å². The number of carboxylic acid groups (broad SMARTS) is 1. The van der Waals surface area contributed by atoms with Crippen LogP contribution in [-0.4, -0.2) is 180 Å². The van der Waals surface area contributed by atoms with E-state index in [-0.39, 0.29) is 80.6 Å². The van der Waals surface area contributed by atoms with Crippen molar-refractivity contribution in [1.29, 1.82) is 0 Å². The maximum atomic E-state index is 13.0. The van der Waals surface area contributed by atoms with Crippen molar-refractivity contribution in [3.8, 4) is 0 Å². The molecule has 0 spiro atoms. The fraction of sp³-hybridized carbons (Fsp3) is 0.500. The molecule has 0 saturated carbocycles. The summed E-state index contributed by atoms with van der Waals surface area (Å²) in [7, 11) is -17.4. The number of unbranched alkanes of at least 4 members (excludes halogenated alkanes) is 2. The Morgan fingerprint density at radius 3 is 1.66 bits per heavy atom. The van der Waals surface area contributed by atoms with E-state index in [4.69, 9.17) is 33.2 Å². The van der Waals surface area contributed by atoms with E-state index in [9.17, 15) is 61.8 Å². The van der Waals surface area contributed by atoms with Gasteiger partial charge in [-0.1, -0.05) is 32.4 Å². The van der Waals surface area contributed by atoms with Crippen LogP contribution < -0.4 is 4.90 Å². The summed E-state index contributed by atoms with van der Waals surface area (Å²) in [5, 5.41) is 9.37. The van der Waals surface area contributed by atoms with Crippen molar-refractivity contribution in [2.75, 3.05) is 111 Å². The van der Waals surface area contributed by atoms with Crippen LogP contribution in [-0.2, 0) is 89.3 Å². The number of allylic oxidation sites excluding steroid dienone is 4. The van der Waals surface area contributed by atoms with Gasteiger partial charge in [0.25, 0.3) is 30.4 Å². The Labute approximate surface area is 460 Å². The summed E-state index contributed by atoms with van der Waals surface area (Å²) in [5.41, 5.74) is 0.738. The fourth-order valence-corrected chi connectivity index (χ4v) is 12.8. The van der Waals surface area contributed by atoms with Gasteiger partial charge in [0.2, 0.25) is 5.69 Å². The molecule has 23 nitrogen and oxygen atoms in total. The zero-order valence-corrected chi connectivity index (χ0v) is 47.8. The van der Waals surface area contributed by atoms with Gasteiger partial charge in [0.15, 0.2) is 12.3 Å². The van der Waals surface area contributed by atoms with Crippen molar-refractivity contribution in [2.24, 2.45) is 0 Å². The van der Waals surface area contributed by atoms with Gasteiger partial charge < -0.3 is 47.7 Å². The van der Waals surface area contributed by atoms with Gasteiger partial charge in [-0.3, -0.25) is 18.5 Å². The fourth-order valence-electron chi connectivity index (χ4n) is 10.1. The molecule has 0 saturated heterocycles. The molecule has 4 aromatic rings. The van der Waals surface area contributed by atoms with Gasteiger partial charge >= 0.3 is 5.97 Å². The number of nitrogens with zero attached hydrogens (tertiary/aromatic N) is 2. The maximum absolute atomic E-state index is 13.0. The highest BCUT2D eigenvalue weighted by molar-refractivity contribution is 7.87. The molecular weight excluding hydrogens is 1120 g/mol. The molecule has 0 aliphatic carbocycles.